The van der Waals surface area contributed by atoms with Crippen molar-refractivity contribution in [3.8, 4) is 11.4 Å². The summed E-state index contributed by atoms with van der Waals surface area (Å²) in [7, 11) is 0. The first-order chi connectivity index (χ1) is 10.2. The number of benzene rings is 2. The van der Waals surface area contributed by atoms with Crippen LogP contribution in [-0.4, -0.2) is 9.67 Å². The minimum Gasteiger partial charge on any atom is -0.505 e. The Bertz CT molecular complexity index is 738. The van der Waals surface area contributed by atoms with Gasteiger partial charge in [0.2, 0.25) is 0 Å². The molecule has 0 atom stereocenters. The standard InChI is InChI=1S/C17H15FN2O/c18-16-8-3-5-13(17(16)21)12-19-14-6-4-7-15(11-14)20-9-1-2-10-20/h1-11,19,21H,12H2. The molecule has 4 heteroatoms. The number of phenols is 1. The molecule has 0 unspecified atom stereocenters. The number of anilines is 1. The van der Waals surface area contributed by atoms with E-state index in [-0.39, 0.29) is 5.75 Å². The Balaban J connectivity index is 1.77. The molecule has 0 saturated carbocycles. The Morgan fingerprint density at radius 2 is 1.76 bits per heavy atom. The lowest BCUT2D eigenvalue weighted by atomic mass is 10.2. The van der Waals surface area contributed by atoms with Crippen LogP contribution in [0.4, 0.5) is 10.1 Å². The first kappa shape index (κ1) is 13.2. The number of nitrogens with one attached hydrogen (secondary N) is 1. The number of phenolic OH excluding ortho intramolecular Hbond substituents is 1. The number of hydrogen-bond donors (Lipinski definition) is 2. The predicted molar refractivity (Wildman–Crippen MR) is 81.2 cm³/mol. The summed E-state index contributed by atoms with van der Waals surface area (Å²) in [4.78, 5) is 0. The van der Waals surface area contributed by atoms with Gasteiger partial charge in [-0.3, -0.25) is 0 Å². The summed E-state index contributed by atoms with van der Waals surface area (Å²) in [6.45, 7) is 0.360. The zero-order valence-electron chi connectivity index (χ0n) is 11.3. The van der Waals surface area contributed by atoms with E-state index in [0.717, 1.165) is 11.4 Å². The van der Waals surface area contributed by atoms with E-state index < -0.39 is 5.82 Å². The summed E-state index contributed by atoms with van der Waals surface area (Å²) in [6, 6.07) is 16.3. The lowest BCUT2D eigenvalue weighted by Gasteiger charge is -2.10. The van der Waals surface area contributed by atoms with Gasteiger partial charge in [0, 0.05) is 35.9 Å². The molecule has 1 aromatic heterocycles. The maximum atomic E-state index is 13.3. The molecule has 0 aliphatic rings. The summed E-state index contributed by atoms with van der Waals surface area (Å²) in [5.41, 5.74) is 2.47. The third kappa shape index (κ3) is 2.89. The van der Waals surface area contributed by atoms with Crippen molar-refractivity contribution in [2.24, 2.45) is 0 Å². The van der Waals surface area contributed by atoms with E-state index in [0.29, 0.717) is 12.1 Å². The number of nitrogens with zero attached hydrogens (tertiary/aromatic N) is 1. The number of para-hydroxylation sites is 1. The molecular weight excluding hydrogens is 267 g/mol. The third-order valence-corrected chi connectivity index (χ3v) is 3.30. The molecule has 0 fully saturated rings. The van der Waals surface area contributed by atoms with E-state index in [1.54, 1.807) is 12.1 Å². The Kier molecular flexibility index (Phi) is 3.60. The molecule has 21 heavy (non-hydrogen) atoms. The molecule has 3 nitrogen and oxygen atoms in total. The highest BCUT2D eigenvalue weighted by Crippen LogP contribution is 2.22. The Labute approximate surface area is 122 Å². The average Bonchev–Trinajstić information content (AvgIpc) is 3.03. The summed E-state index contributed by atoms with van der Waals surface area (Å²) in [5, 5.41) is 12.9. The highest BCUT2D eigenvalue weighted by atomic mass is 19.1. The molecule has 0 amide bonds. The molecule has 0 radical (unpaired) electrons. The van der Waals surface area contributed by atoms with E-state index in [2.05, 4.69) is 5.32 Å². The molecule has 3 rings (SSSR count). The van der Waals surface area contributed by atoms with Gasteiger partial charge in [-0.25, -0.2) is 4.39 Å². The van der Waals surface area contributed by atoms with Gasteiger partial charge >= 0.3 is 0 Å². The fraction of sp³-hybridized carbons (Fsp3) is 0.0588. The van der Waals surface area contributed by atoms with Gasteiger partial charge in [-0.05, 0) is 36.4 Å². The second kappa shape index (κ2) is 5.71. The largest absolute Gasteiger partial charge is 0.505 e. The van der Waals surface area contributed by atoms with E-state index in [1.165, 1.54) is 6.07 Å². The number of halogens is 1. The van der Waals surface area contributed by atoms with Crippen LogP contribution in [0.2, 0.25) is 0 Å². The topological polar surface area (TPSA) is 37.2 Å². The molecule has 0 bridgehead atoms. The van der Waals surface area contributed by atoms with Crippen LogP contribution < -0.4 is 5.32 Å². The van der Waals surface area contributed by atoms with E-state index >= 15 is 0 Å². The Morgan fingerprint density at radius 3 is 2.57 bits per heavy atom. The zero-order chi connectivity index (χ0) is 14.7. The van der Waals surface area contributed by atoms with Gasteiger partial charge in [-0.15, -0.1) is 0 Å². The second-order valence-electron chi connectivity index (χ2n) is 4.74. The number of aromatic hydroxyl groups is 1. The normalized spacial score (nSPS) is 10.5. The maximum Gasteiger partial charge on any atom is 0.165 e. The lowest BCUT2D eigenvalue weighted by molar-refractivity contribution is 0.427. The van der Waals surface area contributed by atoms with Crippen molar-refractivity contribution in [2.45, 2.75) is 6.54 Å². The molecule has 106 valence electrons. The first-order valence-corrected chi connectivity index (χ1v) is 6.68. The van der Waals surface area contributed by atoms with Gasteiger partial charge in [0.15, 0.2) is 11.6 Å². The van der Waals surface area contributed by atoms with Gasteiger partial charge < -0.3 is 15.0 Å². The lowest BCUT2D eigenvalue weighted by Crippen LogP contribution is -2.01. The summed E-state index contributed by atoms with van der Waals surface area (Å²) >= 11 is 0. The highest BCUT2D eigenvalue weighted by Gasteiger charge is 2.06. The van der Waals surface area contributed by atoms with Gasteiger partial charge in [0.05, 0.1) is 0 Å². The molecular formula is C17H15FN2O. The number of aromatic nitrogens is 1. The van der Waals surface area contributed by atoms with Gasteiger partial charge in [0.25, 0.3) is 0 Å². The maximum absolute atomic E-state index is 13.3. The minimum atomic E-state index is -0.601. The van der Waals surface area contributed by atoms with Crippen LogP contribution >= 0.6 is 0 Å². The van der Waals surface area contributed by atoms with Crippen molar-refractivity contribution in [2.75, 3.05) is 5.32 Å². The third-order valence-electron chi connectivity index (χ3n) is 3.30. The van der Waals surface area contributed by atoms with E-state index in [9.17, 15) is 9.50 Å². The molecule has 0 saturated heterocycles. The van der Waals surface area contributed by atoms with Crippen molar-refractivity contribution in [1.82, 2.24) is 4.57 Å². The van der Waals surface area contributed by atoms with Crippen molar-refractivity contribution in [3.63, 3.8) is 0 Å². The van der Waals surface area contributed by atoms with Crippen LogP contribution in [0.5, 0.6) is 5.75 Å². The van der Waals surface area contributed by atoms with E-state index in [1.807, 2.05) is 53.4 Å². The first-order valence-electron chi connectivity index (χ1n) is 6.68. The van der Waals surface area contributed by atoms with Crippen LogP contribution in [0.25, 0.3) is 5.69 Å². The van der Waals surface area contributed by atoms with Crippen molar-refractivity contribution in [3.05, 3.63) is 78.4 Å². The van der Waals surface area contributed by atoms with Gasteiger partial charge in [-0.1, -0.05) is 18.2 Å². The SMILES string of the molecule is Oc1c(F)cccc1CNc1cccc(-n2cccc2)c1. The molecule has 2 N–H and O–H groups in total. The predicted octanol–water partition coefficient (Wildman–Crippen LogP) is 3.93. The molecule has 2 aromatic carbocycles. The van der Waals surface area contributed by atoms with Crippen LogP contribution in [0.1, 0.15) is 5.56 Å². The van der Waals surface area contributed by atoms with E-state index in [4.69, 9.17) is 0 Å². The Hall–Kier alpha value is -2.75. The highest BCUT2D eigenvalue weighted by molar-refractivity contribution is 5.52. The fourth-order valence-electron chi connectivity index (χ4n) is 2.18. The van der Waals surface area contributed by atoms with Crippen LogP contribution in [-0.2, 0) is 6.54 Å². The molecule has 0 aliphatic carbocycles. The van der Waals surface area contributed by atoms with Gasteiger partial charge in [0.1, 0.15) is 0 Å². The quantitative estimate of drug-likeness (QED) is 0.760. The van der Waals surface area contributed by atoms with Crippen LogP contribution in [0.15, 0.2) is 67.0 Å². The van der Waals surface area contributed by atoms with Crippen molar-refractivity contribution in [1.29, 1.82) is 0 Å². The number of hydrogen-bond acceptors (Lipinski definition) is 2. The zero-order valence-corrected chi connectivity index (χ0v) is 11.3. The minimum absolute atomic E-state index is 0.299. The van der Waals surface area contributed by atoms with Gasteiger partial charge in [-0.2, -0.15) is 0 Å². The molecule has 1 heterocycles. The van der Waals surface area contributed by atoms with Crippen molar-refractivity contribution < 1.29 is 9.50 Å². The second-order valence-corrected chi connectivity index (χ2v) is 4.74. The molecule has 3 aromatic rings. The summed E-state index contributed by atoms with van der Waals surface area (Å²) < 4.78 is 15.3. The average molecular weight is 282 g/mol. The summed E-state index contributed by atoms with van der Waals surface area (Å²) in [5.74, 6) is -0.901. The van der Waals surface area contributed by atoms with Crippen molar-refractivity contribution >= 4 is 5.69 Å². The summed E-state index contributed by atoms with van der Waals surface area (Å²) in [6.07, 6.45) is 3.94. The van der Waals surface area contributed by atoms with Crippen LogP contribution in [0.3, 0.4) is 0 Å². The van der Waals surface area contributed by atoms with Crippen LogP contribution in [0, 0.1) is 5.82 Å². The monoisotopic (exact) mass is 282 g/mol. The molecule has 0 aliphatic heterocycles. The fourth-order valence-corrected chi connectivity index (χ4v) is 2.18. The molecule has 0 spiro atoms. The Morgan fingerprint density at radius 1 is 1.00 bits per heavy atom. The number of rotatable bonds is 4. The smallest absolute Gasteiger partial charge is 0.165 e.